The predicted molar refractivity (Wildman–Crippen MR) is 153 cm³/mol. The fourth-order valence-corrected chi connectivity index (χ4v) is 8.64. The van der Waals surface area contributed by atoms with Crippen LogP contribution in [0.15, 0.2) is 60.7 Å². The minimum absolute atomic E-state index is 0.663. The van der Waals surface area contributed by atoms with E-state index in [2.05, 4.69) is 71.3 Å². The van der Waals surface area contributed by atoms with Crippen LogP contribution in [0.3, 0.4) is 0 Å². The second-order valence-electron chi connectivity index (χ2n) is 12.8. The van der Waals surface area contributed by atoms with E-state index in [1.165, 1.54) is 121 Å². The van der Waals surface area contributed by atoms with Crippen molar-refractivity contribution in [1.82, 2.24) is 10.6 Å². The molecule has 0 amide bonds. The number of unbranched alkanes of at least 4 members (excludes halogenated alkanes) is 2. The predicted octanol–water partition coefficient (Wildman–Crippen LogP) is 7.58. The van der Waals surface area contributed by atoms with Gasteiger partial charge in [0.15, 0.2) is 0 Å². The lowest BCUT2D eigenvalue weighted by Gasteiger charge is -2.63. The molecule has 2 heteroatoms. The first-order valence-electron chi connectivity index (χ1n) is 15.2. The maximum atomic E-state index is 3.83. The van der Waals surface area contributed by atoms with E-state index >= 15 is 0 Å². The summed E-state index contributed by atoms with van der Waals surface area (Å²) in [6, 6.07) is 21.9. The molecule has 0 radical (unpaired) electrons. The third kappa shape index (κ3) is 7.23. The molecule has 0 aliphatic heterocycles. The van der Waals surface area contributed by atoms with Gasteiger partial charge < -0.3 is 10.6 Å². The van der Waals surface area contributed by atoms with Gasteiger partial charge in [-0.05, 0) is 150 Å². The van der Waals surface area contributed by atoms with Crippen LogP contribution in [0.4, 0.5) is 0 Å². The third-order valence-corrected chi connectivity index (χ3v) is 9.79. The van der Waals surface area contributed by atoms with Gasteiger partial charge in [-0.1, -0.05) is 60.7 Å². The van der Waals surface area contributed by atoms with E-state index in [1.807, 2.05) is 0 Å². The summed E-state index contributed by atoms with van der Waals surface area (Å²) in [5, 5.41) is 7.66. The first kappa shape index (κ1) is 26.0. The summed E-state index contributed by atoms with van der Waals surface area (Å²) >= 11 is 0. The molecule has 4 fully saturated rings. The molecule has 4 saturated carbocycles. The van der Waals surface area contributed by atoms with Gasteiger partial charge in [0.2, 0.25) is 0 Å². The van der Waals surface area contributed by atoms with Crippen LogP contribution in [-0.4, -0.2) is 26.2 Å². The van der Waals surface area contributed by atoms with Crippen molar-refractivity contribution in [1.29, 1.82) is 0 Å². The quantitative estimate of drug-likeness (QED) is 0.239. The molecule has 0 aromatic heterocycles. The summed E-state index contributed by atoms with van der Waals surface area (Å²) < 4.78 is 0. The van der Waals surface area contributed by atoms with Crippen molar-refractivity contribution in [2.75, 3.05) is 26.2 Å². The van der Waals surface area contributed by atoms with Gasteiger partial charge in [-0.15, -0.1) is 0 Å². The van der Waals surface area contributed by atoms with Gasteiger partial charge in [0.05, 0.1) is 0 Å². The molecule has 4 bridgehead atoms. The molecule has 0 heterocycles. The minimum Gasteiger partial charge on any atom is -0.317 e. The zero-order chi connectivity index (χ0) is 24.5. The molecule has 4 aliphatic carbocycles. The fourth-order valence-electron chi connectivity index (χ4n) is 8.64. The first-order chi connectivity index (χ1) is 17.7. The Morgan fingerprint density at radius 1 is 0.556 bits per heavy atom. The Hall–Kier alpha value is -1.64. The highest BCUT2D eigenvalue weighted by Gasteiger charge is 2.56. The van der Waals surface area contributed by atoms with Crippen LogP contribution in [0.1, 0.15) is 88.2 Å². The molecule has 196 valence electrons. The SMILES string of the molecule is c1ccc(CCCCNCCC23CC4CC(C2)CC(CCNCCCCc2ccccc2)(C4)C3)cc1. The summed E-state index contributed by atoms with van der Waals surface area (Å²) in [5.41, 5.74) is 4.30. The van der Waals surface area contributed by atoms with Crippen molar-refractivity contribution in [3.05, 3.63) is 71.8 Å². The molecule has 6 rings (SSSR count). The number of rotatable bonds is 16. The van der Waals surface area contributed by atoms with E-state index in [4.69, 9.17) is 0 Å². The summed E-state index contributed by atoms with van der Waals surface area (Å²) in [6.07, 6.45) is 19.7. The minimum atomic E-state index is 0.663. The zero-order valence-electron chi connectivity index (χ0n) is 22.7. The van der Waals surface area contributed by atoms with Gasteiger partial charge in [-0.2, -0.15) is 0 Å². The Kier molecular flexibility index (Phi) is 9.20. The molecule has 0 saturated heterocycles. The van der Waals surface area contributed by atoms with Crippen LogP contribution in [0.25, 0.3) is 0 Å². The Labute approximate surface area is 221 Å². The van der Waals surface area contributed by atoms with E-state index in [0.717, 1.165) is 11.8 Å². The second-order valence-corrected chi connectivity index (χ2v) is 12.8. The lowest BCUT2D eigenvalue weighted by atomic mass is 9.43. The lowest BCUT2D eigenvalue weighted by molar-refractivity contribution is -0.116. The molecule has 36 heavy (non-hydrogen) atoms. The second kappa shape index (κ2) is 12.7. The van der Waals surface area contributed by atoms with Gasteiger partial charge >= 0.3 is 0 Å². The largest absolute Gasteiger partial charge is 0.317 e. The topological polar surface area (TPSA) is 24.1 Å². The molecule has 2 aromatic carbocycles. The first-order valence-corrected chi connectivity index (χ1v) is 15.2. The lowest BCUT2D eigenvalue weighted by Crippen LogP contribution is -2.53. The molecule has 2 nitrogen and oxygen atoms in total. The van der Waals surface area contributed by atoms with Crippen LogP contribution in [-0.2, 0) is 12.8 Å². The Bertz CT molecular complexity index is 806. The number of nitrogens with one attached hydrogen (secondary N) is 2. The summed E-state index contributed by atoms with van der Waals surface area (Å²) in [6.45, 7) is 4.85. The van der Waals surface area contributed by atoms with Crippen molar-refractivity contribution in [3.8, 4) is 0 Å². The highest BCUT2D eigenvalue weighted by atomic mass is 14.9. The van der Waals surface area contributed by atoms with Crippen LogP contribution < -0.4 is 10.6 Å². The van der Waals surface area contributed by atoms with Gasteiger partial charge in [0.1, 0.15) is 0 Å². The fraction of sp³-hybridized carbons (Fsp3) is 0.647. The highest BCUT2D eigenvalue weighted by Crippen LogP contribution is 2.67. The van der Waals surface area contributed by atoms with E-state index < -0.39 is 0 Å². The molecular weight excluding hydrogens is 436 g/mol. The number of benzene rings is 2. The van der Waals surface area contributed by atoms with Crippen molar-refractivity contribution < 1.29 is 0 Å². The van der Waals surface area contributed by atoms with Gasteiger partial charge in [-0.3, -0.25) is 0 Å². The molecule has 0 atom stereocenters. The van der Waals surface area contributed by atoms with Crippen LogP contribution in [0.2, 0.25) is 0 Å². The molecule has 2 N–H and O–H groups in total. The van der Waals surface area contributed by atoms with E-state index in [0.29, 0.717) is 10.8 Å². The average Bonchev–Trinajstić information content (AvgIpc) is 2.88. The molecule has 0 unspecified atom stereocenters. The maximum Gasteiger partial charge on any atom is -0.00436 e. The normalized spacial score (nSPS) is 28.6. The number of aryl methyl sites for hydroxylation is 2. The summed E-state index contributed by atoms with van der Waals surface area (Å²) in [5.74, 6) is 2.06. The highest BCUT2D eigenvalue weighted by molar-refractivity contribution is 5.15. The number of hydrogen-bond acceptors (Lipinski definition) is 2. The maximum absolute atomic E-state index is 3.83. The Morgan fingerprint density at radius 3 is 1.44 bits per heavy atom. The molecule has 2 aromatic rings. The van der Waals surface area contributed by atoms with Gasteiger partial charge in [-0.25, -0.2) is 0 Å². The van der Waals surface area contributed by atoms with Crippen LogP contribution in [0.5, 0.6) is 0 Å². The van der Waals surface area contributed by atoms with Crippen molar-refractivity contribution in [2.24, 2.45) is 22.7 Å². The van der Waals surface area contributed by atoms with E-state index in [1.54, 1.807) is 6.42 Å². The monoisotopic (exact) mass is 486 g/mol. The zero-order valence-corrected chi connectivity index (χ0v) is 22.7. The standard InChI is InChI=1S/C34H50N2/c1-3-11-29(12-4-1)15-7-9-19-35-21-17-33-24-31-23-32(25-33)27-34(26-31,28-33)18-22-36-20-10-8-16-30-13-5-2-6-14-30/h1-6,11-14,31-32,35-36H,7-10,15-28H2. The molecule has 0 spiro atoms. The van der Waals surface area contributed by atoms with Crippen molar-refractivity contribution in [3.63, 3.8) is 0 Å². The summed E-state index contributed by atoms with van der Waals surface area (Å²) in [4.78, 5) is 0. The third-order valence-electron chi connectivity index (χ3n) is 9.79. The van der Waals surface area contributed by atoms with E-state index in [9.17, 15) is 0 Å². The number of hydrogen-bond donors (Lipinski definition) is 2. The van der Waals surface area contributed by atoms with Crippen molar-refractivity contribution >= 4 is 0 Å². The summed E-state index contributed by atoms with van der Waals surface area (Å²) in [7, 11) is 0. The van der Waals surface area contributed by atoms with Gasteiger partial charge in [0.25, 0.3) is 0 Å². The molecular formula is C34H50N2. The van der Waals surface area contributed by atoms with Crippen LogP contribution >= 0.6 is 0 Å². The Balaban J connectivity index is 0.977. The van der Waals surface area contributed by atoms with Gasteiger partial charge in [0, 0.05) is 0 Å². The van der Waals surface area contributed by atoms with Crippen molar-refractivity contribution in [2.45, 2.75) is 89.9 Å². The molecule has 4 aliphatic rings. The van der Waals surface area contributed by atoms with E-state index in [-0.39, 0.29) is 0 Å². The van der Waals surface area contributed by atoms with Crippen LogP contribution in [0, 0.1) is 22.7 Å². The smallest absolute Gasteiger partial charge is 0.00436 e. The average molecular weight is 487 g/mol. The Morgan fingerprint density at radius 2 is 1.00 bits per heavy atom.